The molecule has 11 aromatic rings. The number of hydrogen-bond donors (Lipinski definition) is 0. The molecule has 0 aliphatic carbocycles. The molecule has 0 aliphatic rings. The van der Waals surface area contributed by atoms with Crippen LogP contribution in [0.3, 0.4) is 0 Å². The molecule has 0 spiro atoms. The van der Waals surface area contributed by atoms with E-state index in [4.69, 9.17) is 15.0 Å². The van der Waals surface area contributed by atoms with Gasteiger partial charge in [0.05, 0.1) is 22.6 Å². The lowest BCUT2D eigenvalue weighted by atomic mass is 9.98. The first-order chi connectivity index (χ1) is 29.2. The molecular formula is C55H35N3S. The van der Waals surface area contributed by atoms with Crippen LogP contribution in [0.2, 0.25) is 0 Å². The number of thiophene rings is 1. The van der Waals surface area contributed by atoms with E-state index in [0.717, 1.165) is 61.5 Å². The quantitative estimate of drug-likeness (QED) is 0.162. The Morgan fingerprint density at radius 1 is 0.305 bits per heavy atom. The second-order valence-corrected chi connectivity index (χ2v) is 15.8. The largest absolute Gasteiger partial charge is 0.247 e. The predicted molar refractivity (Wildman–Crippen MR) is 248 cm³/mol. The van der Waals surface area contributed by atoms with Crippen LogP contribution >= 0.6 is 11.3 Å². The van der Waals surface area contributed by atoms with E-state index in [2.05, 4.69) is 200 Å². The molecule has 0 unspecified atom stereocenters. The highest BCUT2D eigenvalue weighted by atomic mass is 32.1. The van der Waals surface area contributed by atoms with E-state index in [-0.39, 0.29) is 0 Å². The van der Waals surface area contributed by atoms with E-state index in [0.29, 0.717) is 5.82 Å². The van der Waals surface area contributed by atoms with Crippen molar-refractivity contribution in [1.29, 1.82) is 0 Å². The average Bonchev–Trinajstić information content (AvgIpc) is 3.72. The zero-order valence-electron chi connectivity index (χ0n) is 32.0. The summed E-state index contributed by atoms with van der Waals surface area (Å²) >= 11 is 1.85. The molecular weight excluding hydrogens is 735 g/mol. The Hall–Kier alpha value is -7.53. The molecule has 8 aromatic carbocycles. The molecule has 0 N–H and O–H groups in total. The molecule has 3 nitrogen and oxygen atoms in total. The Bertz CT molecular complexity index is 3170. The Morgan fingerprint density at radius 2 is 0.746 bits per heavy atom. The lowest BCUT2D eigenvalue weighted by Gasteiger charge is -2.12. The summed E-state index contributed by atoms with van der Waals surface area (Å²) in [5, 5.41) is 3.64. The lowest BCUT2D eigenvalue weighted by molar-refractivity contribution is 1.18. The molecule has 3 aromatic heterocycles. The van der Waals surface area contributed by atoms with Gasteiger partial charge in [0.25, 0.3) is 0 Å². The molecule has 11 rings (SSSR count). The van der Waals surface area contributed by atoms with E-state index in [9.17, 15) is 0 Å². The number of aromatic nitrogens is 3. The van der Waals surface area contributed by atoms with Gasteiger partial charge < -0.3 is 0 Å². The van der Waals surface area contributed by atoms with Gasteiger partial charge in [-0.2, -0.15) is 0 Å². The summed E-state index contributed by atoms with van der Waals surface area (Å²) in [4.78, 5) is 15.6. The predicted octanol–water partition coefficient (Wildman–Crippen LogP) is 15.1. The third kappa shape index (κ3) is 6.56. The van der Waals surface area contributed by atoms with Crippen molar-refractivity contribution in [3.05, 3.63) is 212 Å². The van der Waals surface area contributed by atoms with E-state index in [1.54, 1.807) is 0 Å². The highest BCUT2D eigenvalue weighted by Gasteiger charge is 2.17. The van der Waals surface area contributed by atoms with Gasteiger partial charge in [-0.15, -0.1) is 11.3 Å². The number of fused-ring (bicyclic) bond motifs is 5. The van der Waals surface area contributed by atoms with Crippen molar-refractivity contribution in [2.75, 3.05) is 0 Å². The van der Waals surface area contributed by atoms with E-state index >= 15 is 0 Å². The summed E-state index contributed by atoms with van der Waals surface area (Å²) in [7, 11) is 0. The maximum absolute atomic E-state index is 5.28. The number of hydrogen-bond acceptors (Lipinski definition) is 4. The highest BCUT2D eigenvalue weighted by Crippen LogP contribution is 2.43. The molecule has 0 bridgehead atoms. The molecule has 59 heavy (non-hydrogen) atoms. The molecule has 0 saturated heterocycles. The first-order valence-electron chi connectivity index (χ1n) is 19.8. The number of rotatable bonds is 7. The third-order valence-corrected chi connectivity index (χ3v) is 12.3. The van der Waals surface area contributed by atoms with E-state index in [1.807, 2.05) is 23.5 Å². The molecule has 0 aliphatic heterocycles. The molecule has 0 atom stereocenters. The van der Waals surface area contributed by atoms with Gasteiger partial charge in [0.1, 0.15) is 0 Å². The molecule has 276 valence electrons. The topological polar surface area (TPSA) is 38.7 Å². The fourth-order valence-electron chi connectivity index (χ4n) is 8.06. The van der Waals surface area contributed by atoms with E-state index in [1.165, 1.54) is 42.2 Å². The van der Waals surface area contributed by atoms with Gasteiger partial charge in [0.2, 0.25) is 0 Å². The van der Waals surface area contributed by atoms with Crippen molar-refractivity contribution in [2.24, 2.45) is 0 Å². The van der Waals surface area contributed by atoms with Crippen molar-refractivity contribution in [1.82, 2.24) is 15.0 Å². The summed E-state index contributed by atoms with van der Waals surface area (Å²) in [6.07, 6.45) is 0. The fraction of sp³-hybridized carbons (Fsp3) is 0. The van der Waals surface area contributed by atoms with Crippen LogP contribution in [-0.4, -0.2) is 15.0 Å². The van der Waals surface area contributed by atoms with Crippen LogP contribution in [0.5, 0.6) is 0 Å². The van der Waals surface area contributed by atoms with Crippen LogP contribution in [0.1, 0.15) is 0 Å². The van der Waals surface area contributed by atoms with Crippen molar-refractivity contribution in [3.63, 3.8) is 0 Å². The van der Waals surface area contributed by atoms with E-state index < -0.39 is 0 Å². The van der Waals surface area contributed by atoms with Gasteiger partial charge in [0, 0.05) is 47.8 Å². The van der Waals surface area contributed by atoms with Gasteiger partial charge in [0.15, 0.2) is 5.82 Å². The summed E-state index contributed by atoms with van der Waals surface area (Å²) in [5.74, 6) is 0.692. The number of pyridine rings is 1. The summed E-state index contributed by atoms with van der Waals surface area (Å²) < 4.78 is 2.54. The fourth-order valence-corrected chi connectivity index (χ4v) is 9.29. The molecule has 0 radical (unpaired) electrons. The zero-order chi connectivity index (χ0) is 39.1. The molecule has 0 fully saturated rings. The minimum Gasteiger partial charge on any atom is -0.247 e. The maximum atomic E-state index is 5.28. The zero-order valence-corrected chi connectivity index (χ0v) is 32.8. The molecule has 3 heterocycles. The minimum absolute atomic E-state index is 0.692. The Morgan fingerprint density at radius 3 is 1.32 bits per heavy atom. The Kier molecular flexibility index (Phi) is 8.68. The standard InChI is InChI=1S/C55H35N3S/c1-4-12-36(13-5-1)38-20-26-41(27-21-38)49-35-50(58-55(57-49)44-30-24-39(25-31-44)37-14-6-2-7-15-37)42-28-22-40(23-29-42)45-32-33-48-47(34-45)54-52(46-18-10-11-19-51(46)59-54)53(56-48)43-16-8-3-9-17-43/h1-35H. The van der Waals surface area contributed by atoms with Crippen LogP contribution < -0.4 is 0 Å². The smallest absolute Gasteiger partial charge is 0.160 e. The second-order valence-electron chi connectivity index (χ2n) is 14.8. The summed E-state index contributed by atoms with van der Waals surface area (Å²) in [5.41, 5.74) is 14.9. The van der Waals surface area contributed by atoms with Crippen molar-refractivity contribution >= 4 is 42.4 Å². The first kappa shape index (κ1) is 34.7. The second kappa shape index (κ2) is 14.8. The minimum atomic E-state index is 0.692. The van der Waals surface area contributed by atoms with Crippen LogP contribution in [0.4, 0.5) is 0 Å². The summed E-state index contributed by atoms with van der Waals surface area (Å²) in [6.45, 7) is 0. The van der Waals surface area contributed by atoms with Crippen LogP contribution in [0.25, 0.3) is 110 Å². The van der Waals surface area contributed by atoms with Crippen LogP contribution in [0, 0.1) is 0 Å². The normalized spacial score (nSPS) is 11.4. The number of benzene rings is 8. The van der Waals surface area contributed by atoms with Crippen molar-refractivity contribution < 1.29 is 0 Å². The third-order valence-electron chi connectivity index (χ3n) is 11.1. The van der Waals surface area contributed by atoms with Gasteiger partial charge in [-0.05, 0) is 57.6 Å². The molecule has 0 amide bonds. The highest BCUT2D eigenvalue weighted by molar-refractivity contribution is 7.26. The molecule has 0 saturated carbocycles. The Labute approximate surface area is 346 Å². The van der Waals surface area contributed by atoms with Gasteiger partial charge in [-0.1, -0.05) is 188 Å². The Balaban J connectivity index is 0.984. The van der Waals surface area contributed by atoms with Crippen LogP contribution in [-0.2, 0) is 0 Å². The molecule has 4 heteroatoms. The first-order valence-corrected chi connectivity index (χ1v) is 20.7. The van der Waals surface area contributed by atoms with Crippen molar-refractivity contribution in [3.8, 4) is 78.5 Å². The van der Waals surface area contributed by atoms with Gasteiger partial charge >= 0.3 is 0 Å². The van der Waals surface area contributed by atoms with Crippen molar-refractivity contribution in [2.45, 2.75) is 0 Å². The van der Waals surface area contributed by atoms with Gasteiger partial charge in [-0.25, -0.2) is 15.0 Å². The van der Waals surface area contributed by atoms with Gasteiger partial charge in [-0.3, -0.25) is 0 Å². The monoisotopic (exact) mass is 769 g/mol. The lowest BCUT2D eigenvalue weighted by Crippen LogP contribution is -1.96. The SMILES string of the molecule is c1ccc(-c2ccc(-c3cc(-c4ccc(-c5ccc6nc(-c7ccccc7)c7c8ccccc8sc7c6c5)cc4)nc(-c4ccc(-c5ccccc5)cc4)n3)cc2)cc1. The van der Waals surface area contributed by atoms with Crippen LogP contribution in [0.15, 0.2) is 212 Å². The number of nitrogens with zero attached hydrogens (tertiary/aromatic N) is 3. The maximum Gasteiger partial charge on any atom is 0.160 e. The summed E-state index contributed by atoms with van der Waals surface area (Å²) in [6, 6.07) is 74.9. The average molecular weight is 770 g/mol.